The van der Waals surface area contributed by atoms with Gasteiger partial charge < -0.3 is 4.57 Å². The van der Waals surface area contributed by atoms with Crippen LogP contribution >= 0.6 is 0 Å². The maximum Gasteiger partial charge on any atom is 0.305 e. The molecule has 0 saturated carbocycles. The smallest absolute Gasteiger partial charge is 0.305 e. The minimum absolute atomic E-state index is 0.0469. The van der Waals surface area contributed by atoms with Gasteiger partial charge >= 0.3 is 5.69 Å². The zero-order chi connectivity index (χ0) is 15.8. The van der Waals surface area contributed by atoms with Crippen molar-refractivity contribution >= 4 is 15.7 Å². The van der Waals surface area contributed by atoms with E-state index in [4.69, 9.17) is 5.14 Å². The summed E-state index contributed by atoms with van der Waals surface area (Å²) in [5.41, 5.74) is -0.595. The van der Waals surface area contributed by atoms with Crippen molar-refractivity contribution in [3.63, 3.8) is 0 Å². The highest BCUT2D eigenvalue weighted by Gasteiger charge is 2.19. The highest BCUT2D eigenvalue weighted by atomic mass is 32.2. The molecule has 2 rings (SSSR count). The van der Waals surface area contributed by atoms with Gasteiger partial charge in [-0.15, -0.1) is 0 Å². The van der Waals surface area contributed by atoms with Crippen LogP contribution in [0.2, 0.25) is 0 Å². The third kappa shape index (κ3) is 3.06. The number of aryl methyl sites for hydroxylation is 1. The zero-order valence-corrected chi connectivity index (χ0v) is 11.7. The Balaban J connectivity index is 2.42. The Kier molecular flexibility index (Phi) is 3.75. The van der Waals surface area contributed by atoms with Crippen LogP contribution in [0, 0.1) is 22.9 Å². The van der Waals surface area contributed by atoms with Gasteiger partial charge in [-0.2, -0.15) is 4.39 Å². The van der Waals surface area contributed by atoms with Crippen molar-refractivity contribution in [1.29, 1.82) is 0 Å². The molecule has 0 aliphatic carbocycles. The van der Waals surface area contributed by atoms with Gasteiger partial charge in [0, 0.05) is 17.8 Å². The van der Waals surface area contributed by atoms with E-state index in [2.05, 4.69) is 4.98 Å². The zero-order valence-electron chi connectivity index (χ0n) is 10.9. The number of hydrogen-bond acceptors (Lipinski definition) is 5. The second kappa shape index (κ2) is 5.22. The predicted octanol–water partition coefficient (Wildman–Crippen LogP) is 0.935. The molecule has 21 heavy (non-hydrogen) atoms. The molecule has 0 fully saturated rings. The van der Waals surface area contributed by atoms with Gasteiger partial charge in [0.1, 0.15) is 5.82 Å². The molecule has 0 atom stereocenters. The molecule has 0 aliphatic heterocycles. The quantitative estimate of drug-likeness (QED) is 0.664. The summed E-state index contributed by atoms with van der Waals surface area (Å²) in [6.45, 7) is 1.42. The number of hydrogen-bond donors (Lipinski definition) is 1. The van der Waals surface area contributed by atoms with E-state index >= 15 is 0 Å². The van der Waals surface area contributed by atoms with E-state index in [0.717, 1.165) is 12.3 Å². The fourth-order valence-electron chi connectivity index (χ4n) is 1.79. The largest absolute Gasteiger partial charge is 0.329 e. The summed E-state index contributed by atoms with van der Waals surface area (Å²) in [7, 11) is -3.96. The average molecular weight is 314 g/mol. The molecule has 0 bridgehead atoms. The third-order valence-electron chi connectivity index (χ3n) is 2.84. The number of nitro groups is 1. The Hall–Kier alpha value is -2.33. The Morgan fingerprint density at radius 1 is 1.48 bits per heavy atom. The molecule has 1 aromatic heterocycles. The molecule has 0 radical (unpaired) electrons. The number of aromatic nitrogens is 2. The Labute approximate surface area is 119 Å². The molecule has 8 nitrogen and oxygen atoms in total. The number of nitrogens with two attached hydrogens (primary N) is 1. The van der Waals surface area contributed by atoms with E-state index in [1.165, 1.54) is 23.6 Å². The van der Waals surface area contributed by atoms with E-state index in [1.807, 2.05) is 0 Å². The van der Waals surface area contributed by atoms with Gasteiger partial charge in [0.2, 0.25) is 5.82 Å². The molecule has 0 saturated heterocycles. The van der Waals surface area contributed by atoms with Crippen LogP contribution in [0.4, 0.5) is 10.1 Å². The normalized spacial score (nSPS) is 11.6. The van der Waals surface area contributed by atoms with Crippen LogP contribution in [-0.4, -0.2) is 22.9 Å². The number of imidazole rings is 1. The van der Waals surface area contributed by atoms with Crippen LogP contribution in [0.1, 0.15) is 11.4 Å². The van der Waals surface area contributed by atoms with Gasteiger partial charge in [0.15, 0.2) is 5.03 Å². The van der Waals surface area contributed by atoms with E-state index in [0.29, 0.717) is 5.82 Å². The highest BCUT2D eigenvalue weighted by molar-refractivity contribution is 7.89. The number of sulfonamides is 1. The van der Waals surface area contributed by atoms with E-state index in [9.17, 15) is 22.9 Å². The molecule has 2 N–H and O–H groups in total. The summed E-state index contributed by atoms with van der Waals surface area (Å²) in [6.07, 6.45) is 1.16. The molecule has 10 heteroatoms. The highest BCUT2D eigenvalue weighted by Crippen LogP contribution is 2.21. The summed E-state index contributed by atoms with van der Waals surface area (Å²) in [5.74, 6) is -0.669. The first kappa shape index (κ1) is 15.1. The fourth-order valence-corrected chi connectivity index (χ4v) is 2.32. The number of benzene rings is 1. The van der Waals surface area contributed by atoms with E-state index in [1.54, 1.807) is 0 Å². The number of nitro benzene ring substituents is 1. The Morgan fingerprint density at radius 2 is 2.14 bits per heavy atom. The van der Waals surface area contributed by atoms with Crippen LogP contribution < -0.4 is 5.14 Å². The number of primary sulfonamides is 1. The molecule has 0 unspecified atom stereocenters. The first-order valence-electron chi connectivity index (χ1n) is 5.68. The molecule has 0 aliphatic rings. The van der Waals surface area contributed by atoms with Gasteiger partial charge in [-0.25, -0.2) is 18.5 Å². The molecule has 2 aromatic rings. The van der Waals surface area contributed by atoms with Crippen molar-refractivity contribution < 1.29 is 17.7 Å². The number of halogens is 1. The third-order valence-corrected chi connectivity index (χ3v) is 3.62. The summed E-state index contributed by atoms with van der Waals surface area (Å²) in [5, 5.41) is 15.3. The molecular weight excluding hydrogens is 303 g/mol. The molecule has 1 aromatic carbocycles. The maximum absolute atomic E-state index is 14.0. The second-order valence-electron chi connectivity index (χ2n) is 4.31. The van der Waals surface area contributed by atoms with Crippen molar-refractivity contribution in [1.82, 2.24) is 9.55 Å². The van der Waals surface area contributed by atoms with E-state index < -0.39 is 26.5 Å². The lowest BCUT2D eigenvalue weighted by molar-refractivity contribution is -0.387. The SMILES string of the molecule is Cc1nc(S(N)(=O)=O)cn1Cc1cccc([N+](=O)[O-])c1F. The molecule has 112 valence electrons. The predicted molar refractivity (Wildman–Crippen MR) is 70.5 cm³/mol. The van der Waals surface area contributed by atoms with Crippen LogP contribution in [0.15, 0.2) is 29.4 Å². The van der Waals surface area contributed by atoms with Crippen LogP contribution in [-0.2, 0) is 16.6 Å². The van der Waals surface area contributed by atoms with Crippen molar-refractivity contribution in [2.24, 2.45) is 5.14 Å². The fraction of sp³-hybridized carbons (Fsp3) is 0.182. The van der Waals surface area contributed by atoms with Gasteiger partial charge in [-0.3, -0.25) is 10.1 Å². The maximum atomic E-state index is 14.0. The molecule has 1 heterocycles. The van der Waals surface area contributed by atoms with Gasteiger partial charge in [-0.1, -0.05) is 12.1 Å². The Bertz CT molecular complexity index is 816. The summed E-state index contributed by atoms with van der Waals surface area (Å²) >= 11 is 0. The summed E-state index contributed by atoms with van der Waals surface area (Å²) < 4.78 is 37.7. The van der Waals surface area contributed by atoms with Crippen molar-refractivity contribution in [2.45, 2.75) is 18.5 Å². The van der Waals surface area contributed by atoms with Gasteiger partial charge in [-0.05, 0) is 6.92 Å². The molecule has 0 spiro atoms. The minimum Gasteiger partial charge on any atom is -0.329 e. The number of nitrogens with zero attached hydrogens (tertiary/aromatic N) is 3. The second-order valence-corrected chi connectivity index (χ2v) is 5.81. The van der Waals surface area contributed by atoms with Crippen molar-refractivity contribution in [3.8, 4) is 0 Å². The van der Waals surface area contributed by atoms with Gasteiger partial charge in [0.25, 0.3) is 10.0 Å². The van der Waals surface area contributed by atoms with Crippen molar-refractivity contribution in [3.05, 3.63) is 51.7 Å². The summed E-state index contributed by atoms with van der Waals surface area (Å²) in [4.78, 5) is 13.6. The minimum atomic E-state index is -3.96. The van der Waals surface area contributed by atoms with Gasteiger partial charge in [0.05, 0.1) is 11.5 Å². The average Bonchev–Trinajstić information content (AvgIpc) is 2.73. The lowest BCUT2D eigenvalue weighted by Gasteiger charge is -2.06. The Morgan fingerprint density at radius 3 is 2.67 bits per heavy atom. The van der Waals surface area contributed by atoms with Crippen molar-refractivity contribution in [2.75, 3.05) is 0 Å². The first-order chi connectivity index (χ1) is 9.70. The molecular formula is C11H11FN4O4S. The van der Waals surface area contributed by atoms with Crippen LogP contribution in [0.3, 0.4) is 0 Å². The van der Waals surface area contributed by atoms with Crippen LogP contribution in [0.5, 0.6) is 0 Å². The van der Waals surface area contributed by atoms with E-state index in [-0.39, 0.29) is 17.1 Å². The lowest BCUT2D eigenvalue weighted by atomic mass is 10.2. The monoisotopic (exact) mass is 314 g/mol. The standard InChI is InChI=1S/C11H11FN4O4S/c1-7-14-10(21(13,19)20)6-15(7)5-8-3-2-4-9(11(8)12)16(17)18/h2-4,6H,5H2,1H3,(H2,13,19,20). The topological polar surface area (TPSA) is 121 Å². The number of rotatable bonds is 4. The lowest BCUT2D eigenvalue weighted by Crippen LogP contribution is -2.12. The molecule has 0 amide bonds. The van der Waals surface area contributed by atoms with Crippen LogP contribution in [0.25, 0.3) is 0 Å². The summed E-state index contributed by atoms with van der Waals surface area (Å²) in [6, 6.07) is 3.77. The first-order valence-corrected chi connectivity index (χ1v) is 7.23.